The smallest absolute Gasteiger partial charge is 0.290 e. The van der Waals surface area contributed by atoms with Gasteiger partial charge in [0.2, 0.25) is 11.8 Å². The second kappa shape index (κ2) is 19.6. The highest BCUT2D eigenvalue weighted by molar-refractivity contribution is 5.96. The summed E-state index contributed by atoms with van der Waals surface area (Å²) in [5.41, 5.74) is 1.16. The number of aromatic nitrogens is 1. The molecule has 1 aliphatic heterocycles. The van der Waals surface area contributed by atoms with E-state index in [-0.39, 0.29) is 49.0 Å². The van der Waals surface area contributed by atoms with Crippen LogP contribution in [0.2, 0.25) is 0 Å². The molecule has 1 saturated carbocycles. The van der Waals surface area contributed by atoms with E-state index in [9.17, 15) is 19.2 Å². The number of hydrogen-bond donors (Lipinski definition) is 3. The van der Waals surface area contributed by atoms with E-state index in [2.05, 4.69) is 15.6 Å². The van der Waals surface area contributed by atoms with E-state index in [1.54, 1.807) is 50.4 Å². The lowest BCUT2D eigenvalue weighted by Gasteiger charge is -2.38. The Morgan fingerprint density at radius 1 is 1.05 bits per heavy atom. The van der Waals surface area contributed by atoms with Crippen molar-refractivity contribution in [1.82, 2.24) is 25.4 Å². The maximum atomic E-state index is 14.9. The van der Waals surface area contributed by atoms with E-state index >= 15 is 0 Å². The molecule has 2 aliphatic rings. The highest BCUT2D eigenvalue weighted by atomic mass is 16.5. The number of pyridine rings is 1. The van der Waals surface area contributed by atoms with Crippen LogP contribution in [-0.4, -0.2) is 109 Å². The zero-order chi connectivity index (χ0) is 40.1. The molecule has 0 saturated heterocycles. The molecule has 3 aromatic rings. The van der Waals surface area contributed by atoms with Crippen LogP contribution >= 0.6 is 0 Å². The molecule has 1 aliphatic carbocycles. The van der Waals surface area contributed by atoms with Gasteiger partial charge in [-0.1, -0.05) is 44.9 Å². The topological polar surface area (TPSA) is 177 Å². The summed E-state index contributed by atoms with van der Waals surface area (Å²) in [6, 6.07) is 16.6. The van der Waals surface area contributed by atoms with Gasteiger partial charge in [0.15, 0.2) is 17.6 Å². The quantitative estimate of drug-likeness (QED) is 0.272. The first-order chi connectivity index (χ1) is 26.4. The lowest BCUT2D eigenvalue weighted by molar-refractivity contribution is -0.143. The van der Waals surface area contributed by atoms with Crippen LogP contribution in [0.3, 0.4) is 0 Å². The number of nitrogens with zero attached hydrogens (tertiary/aromatic N) is 3. The first-order valence-corrected chi connectivity index (χ1v) is 18.5. The summed E-state index contributed by atoms with van der Waals surface area (Å²) in [6.45, 7) is 5.57. The van der Waals surface area contributed by atoms with Crippen molar-refractivity contribution >= 4 is 30.1 Å². The van der Waals surface area contributed by atoms with Crippen LogP contribution < -0.4 is 24.8 Å². The van der Waals surface area contributed by atoms with E-state index in [0.29, 0.717) is 42.9 Å². The van der Waals surface area contributed by atoms with Crippen molar-refractivity contribution in [2.75, 3.05) is 40.9 Å². The maximum Gasteiger partial charge on any atom is 0.290 e. The minimum absolute atomic E-state index is 0.0766. The lowest BCUT2D eigenvalue weighted by atomic mass is 9.77. The molecule has 5 rings (SSSR count). The molecule has 0 spiro atoms. The van der Waals surface area contributed by atoms with Crippen LogP contribution in [0, 0.1) is 5.92 Å². The monoisotopic (exact) mass is 759 g/mol. The first-order valence-electron chi connectivity index (χ1n) is 18.5. The predicted octanol–water partition coefficient (Wildman–Crippen LogP) is 3.86. The minimum Gasteiger partial charge on any atom is -0.497 e. The van der Waals surface area contributed by atoms with Gasteiger partial charge >= 0.3 is 0 Å². The first kappa shape index (κ1) is 42.1. The fourth-order valence-corrected chi connectivity index (χ4v) is 7.07. The SMILES string of the molecule is COc1ccc(C2(C(=O)N3CC(=O)N[C@@H](C)C(C(=O)N(C)CCc4ccccn4)Oc4cc(ccc4OC)C(=O)NC(C(C)C)C3)CCCC2)cc1.O=CO. The molecule has 1 aromatic heterocycles. The molecule has 3 atom stereocenters. The van der Waals surface area contributed by atoms with E-state index in [1.807, 2.05) is 56.3 Å². The summed E-state index contributed by atoms with van der Waals surface area (Å²) in [4.78, 5) is 72.6. The molecule has 2 heterocycles. The van der Waals surface area contributed by atoms with Gasteiger partial charge in [0.1, 0.15) is 5.75 Å². The van der Waals surface area contributed by atoms with Crippen LogP contribution in [0.4, 0.5) is 0 Å². The summed E-state index contributed by atoms with van der Waals surface area (Å²) in [6.07, 6.45) is 4.03. The van der Waals surface area contributed by atoms with Gasteiger partial charge < -0.3 is 39.8 Å². The highest BCUT2D eigenvalue weighted by Crippen LogP contribution is 2.43. The number of benzene rings is 2. The van der Waals surface area contributed by atoms with Gasteiger partial charge in [-0.3, -0.25) is 29.0 Å². The molecular formula is C41H53N5O9. The van der Waals surface area contributed by atoms with Crippen molar-refractivity contribution < 1.29 is 43.3 Å². The third kappa shape index (κ3) is 10.5. The van der Waals surface area contributed by atoms with Gasteiger partial charge in [-0.2, -0.15) is 0 Å². The third-order valence-corrected chi connectivity index (χ3v) is 10.2. The standard InChI is InChI=1S/C40H51N5O7.CH2O2/c1-26(2)32-24-45(39(49)40(19-8-9-20-40)29-13-15-31(50-5)16-14-29)25-35(46)42-27(3)36(38(48)44(4)22-18-30-11-7-10-21-41-30)52-34-23-28(37(47)43-32)12-17-33(34)51-6;2-1-3/h7,10-17,21,23,26-27,32,36H,8-9,18-20,22,24-25H2,1-6H3,(H,42,46)(H,43,47);1H,(H,2,3)/t27-,32?,36?;/m0./s1. The van der Waals surface area contributed by atoms with Crippen molar-refractivity contribution in [3.63, 3.8) is 0 Å². The van der Waals surface area contributed by atoms with Gasteiger partial charge in [0, 0.05) is 50.1 Å². The molecule has 2 aromatic carbocycles. The zero-order valence-electron chi connectivity index (χ0n) is 32.4. The molecule has 14 heteroatoms. The van der Waals surface area contributed by atoms with Crippen molar-refractivity contribution in [2.24, 2.45) is 5.92 Å². The highest BCUT2D eigenvalue weighted by Gasteiger charge is 2.46. The molecule has 4 amide bonds. The van der Waals surface area contributed by atoms with E-state index < -0.39 is 29.5 Å². The second-order valence-electron chi connectivity index (χ2n) is 14.2. The number of fused-ring (bicyclic) bond motifs is 2. The zero-order valence-corrected chi connectivity index (χ0v) is 32.4. The Labute approximate surface area is 322 Å². The van der Waals surface area contributed by atoms with E-state index in [0.717, 1.165) is 24.1 Å². The molecule has 55 heavy (non-hydrogen) atoms. The Morgan fingerprint density at radius 2 is 1.75 bits per heavy atom. The minimum atomic E-state index is -1.19. The Morgan fingerprint density at radius 3 is 2.35 bits per heavy atom. The van der Waals surface area contributed by atoms with Crippen LogP contribution in [-0.2, 0) is 31.0 Å². The van der Waals surface area contributed by atoms with E-state index in [4.69, 9.17) is 24.1 Å². The molecule has 2 bridgehead atoms. The van der Waals surface area contributed by atoms with Crippen LogP contribution in [0.15, 0.2) is 66.9 Å². The molecule has 2 unspecified atom stereocenters. The average Bonchev–Trinajstić information content (AvgIpc) is 3.69. The van der Waals surface area contributed by atoms with Crippen molar-refractivity contribution in [1.29, 1.82) is 0 Å². The Kier molecular flexibility index (Phi) is 15.0. The fourth-order valence-electron chi connectivity index (χ4n) is 7.07. The Hall–Kier alpha value is -5.66. The number of amides is 4. The van der Waals surface area contributed by atoms with Crippen molar-refractivity contribution in [2.45, 2.75) is 76.5 Å². The molecule has 3 N–H and O–H groups in total. The largest absolute Gasteiger partial charge is 0.497 e. The van der Waals surface area contributed by atoms with Gasteiger partial charge in [-0.25, -0.2) is 0 Å². The van der Waals surface area contributed by atoms with Gasteiger partial charge in [-0.15, -0.1) is 0 Å². The normalized spacial score (nSPS) is 19.7. The van der Waals surface area contributed by atoms with Crippen molar-refractivity contribution in [3.05, 3.63) is 83.7 Å². The van der Waals surface area contributed by atoms with Crippen LogP contribution in [0.25, 0.3) is 0 Å². The number of carboxylic acid groups (broad SMARTS) is 1. The van der Waals surface area contributed by atoms with Gasteiger partial charge in [-0.05, 0) is 73.7 Å². The average molecular weight is 760 g/mol. The maximum absolute atomic E-state index is 14.9. The lowest BCUT2D eigenvalue weighted by Crippen LogP contribution is -2.57. The summed E-state index contributed by atoms with van der Waals surface area (Å²) >= 11 is 0. The molecule has 296 valence electrons. The predicted molar refractivity (Wildman–Crippen MR) is 205 cm³/mol. The number of carbonyl (C=O) groups excluding carboxylic acids is 4. The van der Waals surface area contributed by atoms with Gasteiger partial charge in [0.05, 0.1) is 32.2 Å². The van der Waals surface area contributed by atoms with E-state index in [1.165, 1.54) is 12.0 Å². The second-order valence-corrected chi connectivity index (χ2v) is 14.2. The van der Waals surface area contributed by atoms with Crippen LogP contribution in [0.5, 0.6) is 17.2 Å². The molecule has 14 nitrogen and oxygen atoms in total. The Bertz CT molecular complexity index is 1760. The number of hydrogen-bond acceptors (Lipinski definition) is 9. The number of carbonyl (C=O) groups is 5. The summed E-state index contributed by atoms with van der Waals surface area (Å²) < 4.78 is 17.3. The summed E-state index contributed by atoms with van der Waals surface area (Å²) in [5.74, 6) is -0.262. The number of nitrogens with one attached hydrogen (secondary N) is 2. The number of likely N-dealkylation sites (N-methyl/N-ethyl adjacent to an activating group) is 1. The summed E-state index contributed by atoms with van der Waals surface area (Å²) in [5, 5.41) is 13.0. The number of ether oxygens (including phenoxy) is 3. The van der Waals surface area contributed by atoms with Crippen LogP contribution in [0.1, 0.15) is 68.1 Å². The molecule has 1 fully saturated rings. The number of rotatable bonds is 9. The third-order valence-electron chi connectivity index (χ3n) is 10.2. The van der Waals surface area contributed by atoms with Gasteiger partial charge in [0.25, 0.3) is 18.3 Å². The summed E-state index contributed by atoms with van der Waals surface area (Å²) in [7, 11) is 4.75. The fraction of sp³-hybridized carbons (Fsp3) is 0.463. The van der Waals surface area contributed by atoms with Crippen molar-refractivity contribution in [3.8, 4) is 17.2 Å². The number of methoxy groups -OCH3 is 2. The molecule has 0 radical (unpaired) electrons. The Balaban J connectivity index is 0.00000217. The molecular weight excluding hydrogens is 706 g/mol.